The van der Waals surface area contributed by atoms with Crippen molar-refractivity contribution in [1.82, 2.24) is 15.5 Å². The molecule has 36 heavy (non-hydrogen) atoms. The van der Waals surface area contributed by atoms with Crippen molar-refractivity contribution >= 4 is 17.9 Å². The first-order valence-corrected chi connectivity index (χ1v) is 11.9. The van der Waals surface area contributed by atoms with E-state index in [1.807, 2.05) is 37.3 Å². The van der Waals surface area contributed by atoms with Gasteiger partial charge in [0.05, 0.1) is 5.56 Å². The normalized spacial score (nSPS) is 22.3. The third-order valence-corrected chi connectivity index (χ3v) is 6.92. The monoisotopic (exact) mass is 501 g/mol. The van der Waals surface area contributed by atoms with Gasteiger partial charge in [0.15, 0.2) is 0 Å². The number of alkyl halides is 2. The predicted octanol–water partition coefficient (Wildman–Crippen LogP) is 3.71. The van der Waals surface area contributed by atoms with Gasteiger partial charge in [-0.1, -0.05) is 30.3 Å². The van der Waals surface area contributed by atoms with Crippen LogP contribution in [-0.4, -0.2) is 66.6 Å². The van der Waals surface area contributed by atoms with E-state index >= 15 is 0 Å². The fourth-order valence-corrected chi connectivity index (χ4v) is 4.98. The number of benzene rings is 2. The number of nitrogens with one attached hydrogen (secondary N) is 2. The summed E-state index contributed by atoms with van der Waals surface area (Å²) in [5.41, 5.74) is 2.12. The summed E-state index contributed by atoms with van der Waals surface area (Å²) in [6.45, 7) is 1.33. The summed E-state index contributed by atoms with van der Waals surface area (Å²) in [5, 5.41) is 14.4. The van der Waals surface area contributed by atoms with Crippen LogP contribution in [0.1, 0.15) is 57.5 Å². The highest BCUT2D eigenvalue weighted by molar-refractivity contribution is 6.02. The molecule has 2 aromatic carbocycles. The van der Waals surface area contributed by atoms with Gasteiger partial charge in [-0.15, -0.1) is 0 Å². The van der Waals surface area contributed by atoms with Gasteiger partial charge in [0.2, 0.25) is 0 Å². The summed E-state index contributed by atoms with van der Waals surface area (Å²) in [6.07, 6.45) is -2.13. The van der Waals surface area contributed by atoms with E-state index < -0.39 is 36.2 Å². The van der Waals surface area contributed by atoms with E-state index in [0.29, 0.717) is 11.3 Å². The highest BCUT2D eigenvalue weighted by Gasteiger charge is 2.44. The Bertz CT molecular complexity index is 1160. The minimum absolute atomic E-state index is 0.0615. The molecule has 10 heteroatoms. The summed E-state index contributed by atoms with van der Waals surface area (Å²) in [7, 11) is 1.49. The van der Waals surface area contributed by atoms with Crippen molar-refractivity contribution in [2.24, 2.45) is 5.92 Å². The molecule has 8 nitrogen and oxygen atoms in total. The zero-order valence-corrected chi connectivity index (χ0v) is 20.1. The second-order valence-electron chi connectivity index (χ2n) is 9.21. The van der Waals surface area contributed by atoms with Crippen LogP contribution < -0.4 is 15.4 Å². The van der Waals surface area contributed by atoms with Crippen molar-refractivity contribution in [2.75, 3.05) is 26.7 Å². The van der Waals surface area contributed by atoms with Gasteiger partial charge in [-0.3, -0.25) is 9.59 Å². The highest BCUT2D eigenvalue weighted by Crippen LogP contribution is 2.45. The van der Waals surface area contributed by atoms with Crippen LogP contribution >= 0.6 is 0 Å². The minimum Gasteiger partial charge on any atom is -0.489 e. The van der Waals surface area contributed by atoms with Gasteiger partial charge in [-0.05, 0) is 31.0 Å². The molecule has 0 bridgehead atoms. The molecule has 3 unspecified atom stereocenters. The Morgan fingerprint density at radius 2 is 1.89 bits per heavy atom. The number of carboxylic acid groups (broad SMARTS) is 1. The van der Waals surface area contributed by atoms with E-state index in [4.69, 9.17) is 9.84 Å². The molecule has 1 fully saturated rings. The van der Waals surface area contributed by atoms with Gasteiger partial charge in [0.25, 0.3) is 17.7 Å². The van der Waals surface area contributed by atoms with Crippen LogP contribution in [0.3, 0.4) is 0 Å². The first-order valence-electron chi connectivity index (χ1n) is 11.9. The fraction of sp³-hybridized carbons (Fsp3) is 0.423. The molecule has 2 aliphatic rings. The Balaban J connectivity index is 1.55. The summed E-state index contributed by atoms with van der Waals surface area (Å²) in [6, 6.07) is 12.7. The number of piperidine rings is 1. The summed E-state index contributed by atoms with van der Waals surface area (Å²) in [5.74, 6) is -4.89. The molecule has 2 heterocycles. The molecular formula is C26H29F2N3O5. The van der Waals surface area contributed by atoms with Crippen molar-refractivity contribution in [1.29, 1.82) is 0 Å². The lowest BCUT2D eigenvalue weighted by atomic mass is 9.87. The number of hydrogen-bond donors (Lipinski definition) is 3. The summed E-state index contributed by atoms with van der Waals surface area (Å²) < 4.78 is 34.7. The number of amides is 3. The maximum Gasteiger partial charge on any atom is 0.407 e. The Kier molecular flexibility index (Phi) is 7.14. The fourth-order valence-electron chi connectivity index (χ4n) is 4.98. The molecule has 2 aliphatic heterocycles. The summed E-state index contributed by atoms with van der Waals surface area (Å²) in [4.78, 5) is 37.8. The molecule has 0 spiro atoms. The van der Waals surface area contributed by atoms with Gasteiger partial charge in [0, 0.05) is 56.1 Å². The van der Waals surface area contributed by atoms with Crippen molar-refractivity contribution in [3.8, 4) is 5.75 Å². The smallest absolute Gasteiger partial charge is 0.407 e. The molecule has 4 rings (SSSR count). The number of carbonyl (C=O) groups is 3. The lowest BCUT2D eigenvalue weighted by Crippen LogP contribution is -2.49. The van der Waals surface area contributed by atoms with Crippen molar-refractivity contribution in [3.05, 3.63) is 64.7 Å². The summed E-state index contributed by atoms with van der Waals surface area (Å²) >= 11 is 0. The molecule has 0 aliphatic carbocycles. The molecule has 2 aromatic rings. The number of fused-ring (bicyclic) bond motifs is 1. The molecule has 0 aromatic heterocycles. The average molecular weight is 502 g/mol. The number of nitrogens with zero attached hydrogens (tertiary/aromatic N) is 1. The van der Waals surface area contributed by atoms with Crippen LogP contribution in [-0.2, 0) is 0 Å². The number of hydrogen-bond acceptors (Lipinski definition) is 4. The minimum atomic E-state index is -3.01. The van der Waals surface area contributed by atoms with Crippen LogP contribution in [0.4, 0.5) is 13.6 Å². The standard InChI is InChI=1S/C26H29F2N3O5/c1-15-21(16-6-4-3-5-7-16)19-12-17(13-20(22(19)36-15)24(33)29-2)23(32)30-10-8-18-14-31(25(34)35)11-9-26(18,27)28/h3-7,12-13,15,18,21H,8-11,14H2,1-2H3,(H,29,33)(H,30,32)(H,34,35). The van der Waals surface area contributed by atoms with Gasteiger partial charge >= 0.3 is 6.09 Å². The molecular weight excluding hydrogens is 472 g/mol. The molecule has 3 atom stereocenters. The Morgan fingerprint density at radius 1 is 1.17 bits per heavy atom. The molecule has 192 valence electrons. The van der Waals surface area contributed by atoms with E-state index in [9.17, 15) is 23.2 Å². The lowest BCUT2D eigenvalue weighted by Gasteiger charge is -2.37. The maximum absolute atomic E-state index is 14.3. The van der Waals surface area contributed by atoms with Crippen LogP contribution in [0.15, 0.2) is 42.5 Å². The van der Waals surface area contributed by atoms with Crippen LogP contribution in [0, 0.1) is 5.92 Å². The predicted molar refractivity (Wildman–Crippen MR) is 128 cm³/mol. The molecule has 0 radical (unpaired) electrons. The topological polar surface area (TPSA) is 108 Å². The van der Waals surface area contributed by atoms with E-state index in [2.05, 4.69) is 10.6 Å². The zero-order valence-electron chi connectivity index (χ0n) is 20.1. The quantitative estimate of drug-likeness (QED) is 0.559. The van der Waals surface area contributed by atoms with Crippen LogP contribution in [0.5, 0.6) is 5.75 Å². The maximum atomic E-state index is 14.3. The number of likely N-dealkylation sites (tertiary alicyclic amines) is 1. The van der Waals surface area contributed by atoms with Gasteiger partial charge in [0.1, 0.15) is 11.9 Å². The van der Waals surface area contributed by atoms with E-state index in [0.717, 1.165) is 10.5 Å². The third kappa shape index (κ3) is 4.98. The van der Waals surface area contributed by atoms with Crippen molar-refractivity contribution in [3.63, 3.8) is 0 Å². The first-order chi connectivity index (χ1) is 17.1. The zero-order chi connectivity index (χ0) is 26.0. The van der Waals surface area contributed by atoms with Crippen molar-refractivity contribution in [2.45, 2.75) is 37.7 Å². The van der Waals surface area contributed by atoms with E-state index in [-0.39, 0.29) is 49.2 Å². The lowest BCUT2D eigenvalue weighted by molar-refractivity contribution is -0.102. The number of halogens is 2. The average Bonchev–Trinajstić information content (AvgIpc) is 3.19. The second-order valence-corrected chi connectivity index (χ2v) is 9.21. The third-order valence-electron chi connectivity index (χ3n) is 6.92. The molecule has 3 N–H and O–H groups in total. The number of carbonyl (C=O) groups excluding carboxylic acids is 2. The van der Waals surface area contributed by atoms with Gasteiger partial charge in [-0.25, -0.2) is 13.6 Å². The Hall–Kier alpha value is -3.69. The van der Waals surface area contributed by atoms with Crippen LogP contribution in [0.2, 0.25) is 0 Å². The van der Waals surface area contributed by atoms with Crippen molar-refractivity contribution < 1.29 is 33.0 Å². The SMILES string of the molecule is CNC(=O)c1cc(C(=O)NCCC2CN(C(=O)O)CCC2(F)F)cc2c1OC(C)C2c1ccccc1. The van der Waals surface area contributed by atoms with E-state index in [1.165, 1.54) is 13.1 Å². The Labute approximate surface area is 207 Å². The van der Waals surface area contributed by atoms with Crippen LogP contribution in [0.25, 0.3) is 0 Å². The number of rotatable bonds is 6. The van der Waals surface area contributed by atoms with Gasteiger partial charge < -0.3 is 25.4 Å². The number of ether oxygens (including phenoxy) is 1. The Morgan fingerprint density at radius 3 is 2.56 bits per heavy atom. The highest BCUT2D eigenvalue weighted by atomic mass is 19.3. The second kappa shape index (κ2) is 10.1. The molecule has 1 saturated heterocycles. The first kappa shape index (κ1) is 25.4. The molecule has 3 amide bonds. The largest absolute Gasteiger partial charge is 0.489 e. The molecule has 0 saturated carbocycles. The van der Waals surface area contributed by atoms with E-state index in [1.54, 1.807) is 6.07 Å². The van der Waals surface area contributed by atoms with Gasteiger partial charge in [-0.2, -0.15) is 0 Å².